The summed E-state index contributed by atoms with van der Waals surface area (Å²) in [5.74, 6) is -0.974. The van der Waals surface area contributed by atoms with Gasteiger partial charge in [0, 0.05) is 6.04 Å². The van der Waals surface area contributed by atoms with E-state index in [0.717, 1.165) is 31.4 Å². The molecular weight excluding hydrogens is 257 g/mol. The first-order valence-corrected chi connectivity index (χ1v) is 7.31. The van der Waals surface area contributed by atoms with Crippen LogP contribution < -0.4 is 0 Å². The van der Waals surface area contributed by atoms with Gasteiger partial charge in [-0.05, 0) is 50.4 Å². The molecular formula is C16H22FNO2. The number of aliphatic carboxylic acids is 1. The molecule has 1 aromatic rings. The van der Waals surface area contributed by atoms with Crippen molar-refractivity contribution in [2.24, 2.45) is 0 Å². The van der Waals surface area contributed by atoms with Gasteiger partial charge in [-0.25, -0.2) is 4.39 Å². The summed E-state index contributed by atoms with van der Waals surface area (Å²) in [4.78, 5) is 13.5. The van der Waals surface area contributed by atoms with E-state index in [9.17, 15) is 14.3 Å². The van der Waals surface area contributed by atoms with Gasteiger partial charge in [0.25, 0.3) is 0 Å². The highest BCUT2D eigenvalue weighted by molar-refractivity contribution is 5.73. The highest BCUT2D eigenvalue weighted by atomic mass is 19.1. The quantitative estimate of drug-likeness (QED) is 0.920. The van der Waals surface area contributed by atoms with Crippen molar-refractivity contribution in [3.8, 4) is 0 Å². The van der Waals surface area contributed by atoms with Crippen LogP contribution in [0.1, 0.15) is 38.2 Å². The second-order valence-electron chi connectivity index (χ2n) is 5.62. The molecule has 2 atom stereocenters. The molecule has 0 bridgehead atoms. The van der Waals surface area contributed by atoms with E-state index in [1.807, 2.05) is 13.0 Å². The van der Waals surface area contributed by atoms with E-state index in [4.69, 9.17) is 0 Å². The van der Waals surface area contributed by atoms with Crippen molar-refractivity contribution in [2.75, 3.05) is 6.54 Å². The second-order valence-corrected chi connectivity index (χ2v) is 5.62. The smallest absolute Gasteiger partial charge is 0.320 e. The minimum Gasteiger partial charge on any atom is -0.480 e. The SMILES string of the molecule is CC(Cc1cccc(F)c1)N1CCCCCC1C(=O)O. The lowest BCUT2D eigenvalue weighted by Gasteiger charge is -2.32. The normalized spacial score (nSPS) is 22.2. The summed E-state index contributed by atoms with van der Waals surface area (Å²) in [6.07, 6.45) is 4.49. The molecule has 4 heteroatoms. The summed E-state index contributed by atoms with van der Waals surface area (Å²) < 4.78 is 13.2. The van der Waals surface area contributed by atoms with Crippen molar-refractivity contribution in [1.29, 1.82) is 0 Å². The van der Waals surface area contributed by atoms with Crippen LogP contribution in [0.15, 0.2) is 24.3 Å². The Labute approximate surface area is 119 Å². The van der Waals surface area contributed by atoms with E-state index < -0.39 is 12.0 Å². The maximum Gasteiger partial charge on any atom is 0.320 e. The Morgan fingerprint density at radius 1 is 1.45 bits per heavy atom. The fourth-order valence-corrected chi connectivity index (χ4v) is 3.05. The van der Waals surface area contributed by atoms with Gasteiger partial charge in [0.2, 0.25) is 0 Å². The van der Waals surface area contributed by atoms with E-state index in [1.54, 1.807) is 6.07 Å². The molecule has 0 saturated carbocycles. The first kappa shape index (κ1) is 15.0. The number of hydrogen-bond donors (Lipinski definition) is 1. The number of nitrogens with zero attached hydrogens (tertiary/aromatic N) is 1. The van der Waals surface area contributed by atoms with E-state index in [1.165, 1.54) is 12.1 Å². The van der Waals surface area contributed by atoms with E-state index >= 15 is 0 Å². The molecule has 0 aliphatic carbocycles. The van der Waals surface area contributed by atoms with Crippen LogP contribution in [0.4, 0.5) is 4.39 Å². The lowest BCUT2D eigenvalue weighted by molar-refractivity contribution is -0.144. The van der Waals surface area contributed by atoms with Gasteiger partial charge in [-0.3, -0.25) is 9.69 Å². The first-order chi connectivity index (χ1) is 9.58. The van der Waals surface area contributed by atoms with Crippen molar-refractivity contribution >= 4 is 5.97 Å². The standard InChI is InChI=1S/C16H22FNO2/c1-12(10-13-6-5-7-14(17)11-13)18-9-4-2-3-8-15(18)16(19)20/h5-7,11-12,15H,2-4,8-10H2,1H3,(H,19,20). The largest absolute Gasteiger partial charge is 0.480 e. The van der Waals surface area contributed by atoms with Gasteiger partial charge < -0.3 is 5.11 Å². The minimum atomic E-state index is -0.738. The number of halogens is 1. The van der Waals surface area contributed by atoms with Gasteiger partial charge in [-0.2, -0.15) is 0 Å². The van der Waals surface area contributed by atoms with Gasteiger partial charge in [0.05, 0.1) is 0 Å². The van der Waals surface area contributed by atoms with Crippen LogP contribution in [-0.4, -0.2) is 34.6 Å². The molecule has 2 rings (SSSR count). The zero-order chi connectivity index (χ0) is 14.5. The van der Waals surface area contributed by atoms with Gasteiger partial charge in [-0.15, -0.1) is 0 Å². The molecule has 1 aromatic carbocycles. The van der Waals surface area contributed by atoms with Crippen molar-refractivity contribution in [2.45, 2.75) is 51.1 Å². The van der Waals surface area contributed by atoms with Gasteiger partial charge in [-0.1, -0.05) is 25.0 Å². The molecule has 1 saturated heterocycles. The predicted octanol–water partition coefficient (Wildman–Crippen LogP) is 3.09. The lowest BCUT2D eigenvalue weighted by atomic mass is 10.0. The van der Waals surface area contributed by atoms with Crippen molar-refractivity contribution in [3.63, 3.8) is 0 Å². The number of carboxylic acids is 1. The Kier molecular flexibility index (Phi) is 5.12. The van der Waals surface area contributed by atoms with Crippen LogP contribution in [0.2, 0.25) is 0 Å². The molecule has 110 valence electrons. The third-order valence-electron chi connectivity index (χ3n) is 4.07. The van der Waals surface area contributed by atoms with Crippen molar-refractivity contribution in [1.82, 2.24) is 4.90 Å². The van der Waals surface area contributed by atoms with E-state index in [2.05, 4.69) is 4.90 Å². The molecule has 1 fully saturated rings. The average Bonchev–Trinajstić information content (AvgIpc) is 2.64. The zero-order valence-electron chi connectivity index (χ0n) is 11.9. The lowest BCUT2D eigenvalue weighted by Crippen LogP contribution is -2.46. The monoisotopic (exact) mass is 279 g/mol. The fourth-order valence-electron chi connectivity index (χ4n) is 3.05. The third kappa shape index (κ3) is 3.79. The number of benzene rings is 1. The number of rotatable bonds is 4. The Morgan fingerprint density at radius 2 is 2.25 bits per heavy atom. The Hall–Kier alpha value is -1.42. The maximum atomic E-state index is 13.2. The molecule has 0 amide bonds. The number of likely N-dealkylation sites (tertiary alicyclic amines) is 1. The number of carbonyl (C=O) groups is 1. The Morgan fingerprint density at radius 3 is 2.95 bits per heavy atom. The van der Waals surface area contributed by atoms with Crippen LogP contribution in [0.25, 0.3) is 0 Å². The summed E-state index contributed by atoms with van der Waals surface area (Å²) in [5, 5.41) is 9.39. The van der Waals surface area contributed by atoms with Gasteiger partial charge in [0.15, 0.2) is 0 Å². The molecule has 0 spiro atoms. The van der Waals surface area contributed by atoms with Crippen molar-refractivity contribution < 1.29 is 14.3 Å². The van der Waals surface area contributed by atoms with Crippen molar-refractivity contribution in [3.05, 3.63) is 35.6 Å². The number of carboxylic acid groups (broad SMARTS) is 1. The molecule has 1 heterocycles. The van der Waals surface area contributed by atoms with Crippen LogP contribution in [-0.2, 0) is 11.2 Å². The molecule has 3 nitrogen and oxygen atoms in total. The van der Waals surface area contributed by atoms with Crippen LogP contribution in [0.5, 0.6) is 0 Å². The zero-order valence-corrected chi connectivity index (χ0v) is 11.9. The topological polar surface area (TPSA) is 40.5 Å². The first-order valence-electron chi connectivity index (χ1n) is 7.31. The molecule has 0 aromatic heterocycles. The summed E-state index contributed by atoms with van der Waals surface area (Å²) in [6.45, 7) is 2.85. The van der Waals surface area contributed by atoms with E-state index in [-0.39, 0.29) is 11.9 Å². The van der Waals surface area contributed by atoms with Crippen LogP contribution in [0.3, 0.4) is 0 Å². The molecule has 1 N–H and O–H groups in total. The molecule has 1 aliphatic rings. The second kappa shape index (κ2) is 6.84. The third-order valence-corrected chi connectivity index (χ3v) is 4.07. The van der Waals surface area contributed by atoms with Gasteiger partial charge in [0.1, 0.15) is 11.9 Å². The molecule has 1 aliphatic heterocycles. The highest BCUT2D eigenvalue weighted by Crippen LogP contribution is 2.21. The Bertz CT molecular complexity index is 464. The Balaban J connectivity index is 2.08. The fraction of sp³-hybridized carbons (Fsp3) is 0.562. The summed E-state index contributed by atoms with van der Waals surface area (Å²) in [6, 6.07) is 6.27. The van der Waals surface area contributed by atoms with E-state index in [0.29, 0.717) is 12.8 Å². The minimum absolute atomic E-state index is 0.107. The summed E-state index contributed by atoms with van der Waals surface area (Å²) >= 11 is 0. The predicted molar refractivity (Wildman–Crippen MR) is 76.2 cm³/mol. The summed E-state index contributed by atoms with van der Waals surface area (Å²) in [7, 11) is 0. The molecule has 2 unspecified atom stereocenters. The maximum absolute atomic E-state index is 13.2. The van der Waals surface area contributed by atoms with Crippen LogP contribution in [0, 0.1) is 5.82 Å². The average molecular weight is 279 g/mol. The molecule has 0 radical (unpaired) electrons. The van der Waals surface area contributed by atoms with Gasteiger partial charge >= 0.3 is 5.97 Å². The molecule has 20 heavy (non-hydrogen) atoms. The van der Waals surface area contributed by atoms with Crippen LogP contribution >= 0.6 is 0 Å². The highest BCUT2D eigenvalue weighted by Gasteiger charge is 2.30. The number of hydrogen-bond acceptors (Lipinski definition) is 2. The summed E-state index contributed by atoms with van der Waals surface area (Å²) in [5.41, 5.74) is 0.922.